The van der Waals surface area contributed by atoms with Crippen LogP contribution in [0.1, 0.15) is 21.6 Å². The van der Waals surface area contributed by atoms with E-state index in [1.54, 1.807) is 6.07 Å². The number of fused-ring (bicyclic) bond motifs is 1. The Morgan fingerprint density at radius 3 is 2.71 bits per heavy atom. The van der Waals surface area contributed by atoms with Crippen LogP contribution in [0.4, 0.5) is 4.39 Å². The number of hydrogen-bond acceptors (Lipinski definition) is 1. The van der Waals surface area contributed by atoms with Crippen molar-refractivity contribution in [3.05, 3.63) is 77.2 Å². The second-order valence-electron chi connectivity index (χ2n) is 5.23. The largest absolute Gasteiger partial charge is 0.253 e. The van der Waals surface area contributed by atoms with Crippen LogP contribution in [0.5, 0.6) is 0 Å². The lowest BCUT2D eigenvalue weighted by atomic mass is 10.0. The van der Waals surface area contributed by atoms with Crippen LogP contribution in [0, 0.1) is 12.7 Å². The minimum absolute atomic E-state index is 0.0561. The summed E-state index contributed by atoms with van der Waals surface area (Å²) in [5.74, 6) is -0.194. The molecule has 0 bridgehead atoms. The number of para-hydroxylation sites is 1. The summed E-state index contributed by atoms with van der Waals surface area (Å²) in [5.41, 5.74) is 3.87. The van der Waals surface area contributed by atoms with Gasteiger partial charge in [0.15, 0.2) is 0 Å². The molecule has 0 saturated carbocycles. The van der Waals surface area contributed by atoms with E-state index in [9.17, 15) is 4.39 Å². The predicted molar refractivity (Wildman–Crippen MR) is 88.3 cm³/mol. The molecule has 0 fully saturated rings. The highest BCUT2D eigenvalue weighted by atomic mass is 79.9. The smallest absolute Gasteiger partial charge is 0.123 e. The van der Waals surface area contributed by atoms with Crippen LogP contribution in [0.3, 0.4) is 0 Å². The summed E-state index contributed by atoms with van der Waals surface area (Å²) < 4.78 is 13.5. The van der Waals surface area contributed by atoms with Crippen molar-refractivity contribution in [2.45, 2.75) is 18.2 Å². The van der Waals surface area contributed by atoms with Crippen molar-refractivity contribution in [2.75, 3.05) is 0 Å². The quantitative estimate of drug-likeness (QED) is 0.583. The van der Waals surface area contributed by atoms with Gasteiger partial charge in [-0.25, -0.2) is 4.39 Å². The first-order valence-electron chi connectivity index (χ1n) is 6.87. The Labute approximate surface area is 132 Å². The molecule has 0 radical (unpaired) electrons. The van der Waals surface area contributed by atoms with Crippen LogP contribution in [0.2, 0.25) is 0 Å². The predicted octanol–water partition coefficient (Wildman–Crippen LogP) is 5.36. The number of benzene rings is 2. The first-order valence-corrected chi connectivity index (χ1v) is 7.79. The van der Waals surface area contributed by atoms with E-state index in [1.807, 2.05) is 43.3 Å². The molecule has 1 aromatic heterocycles. The third-order valence-electron chi connectivity index (χ3n) is 3.47. The van der Waals surface area contributed by atoms with Gasteiger partial charge in [0.05, 0.1) is 5.52 Å². The molecule has 106 valence electrons. The SMILES string of the molecule is Cc1cc(F)cc(C(Br)Cc2ccc3ccccc3n2)c1. The molecule has 2 aromatic carbocycles. The van der Waals surface area contributed by atoms with Gasteiger partial charge < -0.3 is 0 Å². The van der Waals surface area contributed by atoms with Gasteiger partial charge in [-0.15, -0.1) is 0 Å². The minimum Gasteiger partial charge on any atom is -0.253 e. The van der Waals surface area contributed by atoms with Gasteiger partial charge in [0.25, 0.3) is 0 Å². The summed E-state index contributed by atoms with van der Waals surface area (Å²) >= 11 is 3.65. The zero-order valence-corrected chi connectivity index (χ0v) is 13.3. The number of aromatic nitrogens is 1. The van der Waals surface area contributed by atoms with Gasteiger partial charge in [-0.1, -0.05) is 46.3 Å². The lowest BCUT2D eigenvalue weighted by Crippen LogP contribution is -1.99. The number of aryl methyl sites for hydroxylation is 1. The molecule has 0 saturated heterocycles. The highest BCUT2D eigenvalue weighted by Gasteiger charge is 2.11. The average Bonchev–Trinajstić information content (AvgIpc) is 2.46. The monoisotopic (exact) mass is 343 g/mol. The fourth-order valence-corrected chi connectivity index (χ4v) is 3.06. The molecule has 1 heterocycles. The molecule has 3 aromatic rings. The van der Waals surface area contributed by atoms with E-state index in [0.717, 1.165) is 34.1 Å². The maximum atomic E-state index is 13.5. The van der Waals surface area contributed by atoms with E-state index in [0.29, 0.717) is 0 Å². The summed E-state index contributed by atoms with van der Waals surface area (Å²) in [7, 11) is 0. The molecule has 1 atom stereocenters. The minimum atomic E-state index is -0.194. The van der Waals surface area contributed by atoms with Crippen molar-refractivity contribution in [3.63, 3.8) is 0 Å². The molecule has 1 nitrogen and oxygen atoms in total. The van der Waals surface area contributed by atoms with Crippen molar-refractivity contribution in [1.29, 1.82) is 0 Å². The Bertz CT molecular complexity index is 765. The Morgan fingerprint density at radius 1 is 1.10 bits per heavy atom. The van der Waals surface area contributed by atoms with Crippen molar-refractivity contribution in [3.8, 4) is 0 Å². The summed E-state index contributed by atoms with van der Waals surface area (Å²) in [4.78, 5) is 4.72. The summed E-state index contributed by atoms with van der Waals surface area (Å²) in [6, 6.07) is 17.3. The van der Waals surface area contributed by atoms with Gasteiger partial charge >= 0.3 is 0 Å². The zero-order chi connectivity index (χ0) is 14.8. The van der Waals surface area contributed by atoms with Gasteiger partial charge in [-0.05, 0) is 42.3 Å². The molecule has 0 N–H and O–H groups in total. The fourth-order valence-electron chi connectivity index (χ4n) is 2.47. The van der Waals surface area contributed by atoms with E-state index < -0.39 is 0 Å². The van der Waals surface area contributed by atoms with Crippen LogP contribution in [-0.4, -0.2) is 4.98 Å². The first-order chi connectivity index (χ1) is 10.1. The van der Waals surface area contributed by atoms with E-state index in [4.69, 9.17) is 0 Å². The number of nitrogens with zero attached hydrogens (tertiary/aromatic N) is 1. The first kappa shape index (κ1) is 14.2. The Morgan fingerprint density at radius 2 is 1.90 bits per heavy atom. The maximum Gasteiger partial charge on any atom is 0.123 e. The zero-order valence-electron chi connectivity index (χ0n) is 11.7. The molecule has 1 unspecified atom stereocenters. The van der Waals surface area contributed by atoms with E-state index in [2.05, 4.69) is 27.0 Å². The molecular weight excluding hydrogens is 329 g/mol. The number of rotatable bonds is 3. The van der Waals surface area contributed by atoms with Crippen molar-refractivity contribution in [2.24, 2.45) is 0 Å². The summed E-state index contributed by atoms with van der Waals surface area (Å²) in [6.45, 7) is 1.90. The van der Waals surface area contributed by atoms with E-state index >= 15 is 0 Å². The topological polar surface area (TPSA) is 12.9 Å². The van der Waals surface area contributed by atoms with Crippen LogP contribution < -0.4 is 0 Å². The third-order valence-corrected chi connectivity index (χ3v) is 4.32. The number of pyridine rings is 1. The molecule has 3 rings (SSSR count). The summed E-state index contributed by atoms with van der Waals surface area (Å²) in [6.07, 6.45) is 0.730. The van der Waals surface area contributed by atoms with Gasteiger partial charge in [0, 0.05) is 22.3 Å². The van der Waals surface area contributed by atoms with Crippen LogP contribution in [-0.2, 0) is 6.42 Å². The molecule has 21 heavy (non-hydrogen) atoms. The van der Waals surface area contributed by atoms with Gasteiger partial charge in [-0.2, -0.15) is 0 Å². The van der Waals surface area contributed by atoms with Crippen molar-refractivity contribution in [1.82, 2.24) is 4.98 Å². The number of hydrogen-bond donors (Lipinski definition) is 0. The second kappa shape index (κ2) is 5.94. The van der Waals surface area contributed by atoms with Crippen LogP contribution in [0.15, 0.2) is 54.6 Å². The molecule has 0 aliphatic heterocycles. The highest BCUT2D eigenvalue weighted by Crippen LogP contribution is 2.28. The Hall–Kier alpha value is -1.74. The Balaban J connectivity index is 1.86. The Kier molecular flexibility index (Phi) is 4.02. The second-order valence-corrected chi connectivity index (χ2v) is 6.33. The molecule has 0 aliphatic carbocycles. The molecule has 0 spiro atoms. The van der Waals surface area contributed by atoms with Crippen LogP contribution in [0.25, 0.3) is 10.9 Å². The normalized spacial score (nSPS) is 12.5. The lowest BCUT2D eigenvalue weighted by molar-refractivity contribution is 0.623. The van der Waals surface area contributed by atoms with Gasteiger partial charge in [0.1, 0.15) is 5.82 Å². The average molecular weight is 344 g/mol. The van der Waals surface area contributed by atoms with Gasteiger partial charge in [0.2, 0.25) is 0 Å². The maximum absolute atomic E-state index is 13.5. The molecule has 3 heteroatoms. The fraction of sp³-hybridized carbons (Fsp3) is 0.167. The summed E-state index contributed by atoms with van der Waals surface area (Å²) in [5, 5.41) is 1.13. The lowest BCUT2D eigenvalue weighted by Gasteiger charge is -2.11. The standard InChI is InChI=1S/C18H15BrFN/c1-12-8-14(10-15(20)9-12)17(19)11-16-7-6-13-4-2-3-5-18(13)21-16/h2-10,17H,11H2,1H3. The molecular formula is C18H15BrFN. The highest BCUT2D eigenvalue weighted by molar-refractivity contribution is 9.09. The van der Waals surface area contributed by atoms with E-state index in [-0.39, 0.29) is 10.6 Å². The third kappa shape index (κ3) is 3.30. The molecule has 0 aliphatic rings. The number of halogens is 2. The molecule has 0 amide bonds. The number of alkyl halides is 1. The van der Waals surface area contributed by atoms with Crippen molar-refractivity contribution < 1.29 is 4.39 Å². The van der Waals surface area contributed by atoms with Crippen molar-refractivity contribution >= 4 is 26.8 Å². The van der Waals surface area contributed by atoms with E-state index in [1.165, 1.54) is 6.07 Å². The van der Waals surface area contributed by atoms with Crippen LogP contribution >= 0.6 is 15.9 Å². The van der Waals surface area contributed by atoms with Gasteiger partial charge in [-0.3, -0.25) is 4.98 Å².